The normalized spacial score (nSPS) is 35.9. The molecule has 1 aromatic rings. The molecule has 0 aliphatic heterocycles. The Balaban J connectivity index is 1.76. The van der Waals surface area contributed by atoms with Crippen molar-refractivity contribution in [1.29, 1.82) is 0 Å². The van der Waals surface area contributed by atoms with E-state index in [4.69, 9.17) is 0 Å². The SMILES string of the molecule is C1=CCC2CC(n3cncn3)CC2C1. The number of hydrogen-bond donors (Lipinski definition) is 0. The van der Waals surface area contributed by atoms with Crippen molar-refractivity contribution in [1.82, 2.24) is 14.8 Å². The van der Waals surface area contributed by atoms with Gasteiger partial charge in [-0.25, -0.2) is 9.67 Å². The third kappa shape index (κ3) is 1.27. The second kappa shape index (κ2) is 3.23. The Hall–Kier alpha value is -1.12. The van der Waals surface area contributed by atoms with Crippen LogP contribution in [0.5, 0.6) is 0 Å². The summed E-state index contributed by atoms with van der Waals surface area (Å²) in [5, 5.41) is 4.24. The highest BCUT2D eigenvalue weighted by molar-refractivity contribution is 4.99. The molecule has 0 radical (unpaired) electrons. The minimum atomic E-state index is 0.604. The van der Waals surface area contributed by atoms with Crippen molar-refractivity contribution in [3.8, 4) is 0 Å². The first-order valence-electron chi connectivity index (χ1n) is 5.42. The van der Waals surface area contributed by atoms with Crippen LogP contribution < -0.4 is 0 Å². The lowest BCUT2D eigenvalue weighted by atomic mass is 9.86. The lowest BCUT2D eigenvalue weighted by Crippen LogP contribution is -2.08. The molecular weight excluding hydrogens is 174 g/mol. The second-order valence-electron chi connectivity index (χ2n) is 4.46. The molecule has 14 heavy (non-hydrogen) atoms. The summed E-state index contributed by atoms with van der Waals surface area (Å²) in [5.74, 6) is 1.79. The number of hydrogen-bond acceptors (Lipinski definition) is 2. The van der Waals surface area contributed by atoms with Gasteiger partial charge in [0.15, 0.2) is 0 Å². The fraction of sp³-hybridized carbons (Fsp3) is 0.636. The molecule has 0 saturated heterocycles. The van der Waals surface area contributed by atoms with E-state index in [0.717, 1.165) is 11.8 Å². The summed E-state index contributed by atoms with van der Waals surface area (Å²) in [6, 6.07) is 0.604. The van der Waals surface area contributed by atoms with Crippen molar-refractivity contribution in [2.45, 2.75) is 31.7 Å². The highest BCUT2D eigenvalue weighted by atomic mass is 15.3. The van der Waals surface area contributed by atoms with Crippen LogP contribution >= 0.6 is 0 Å². The monoisotopic (exact) mass is 189 g/mol. The van der Waals surface area contributed by atoms with Gasteiger partial charge in [-0.05, 0) is 37.5 Å². The predicted molar refractivity (Wildman–Crippen MR) is 53.6 cm³/mol. The molecular formula is C11H15N3. The average molecular weight is 189 g/mol. The van der Waals surface area contributed by atoms with Crippen LogP contribution in [0.3, 0.4) is 0 Å². The molecule has 3 nitrogen and oxygen atoms in total. The van der Waals surface area contributed by atoms with E-state index in [1.165, 1.54) is 25.7 Å². The van der Waals surface area contributed by atoms with Crippen molar-refractivity contribution in [3.63, 3.8) is 0 Å². The molecule has 2 aliphatic rings. The maximum absolute atomic E-state index is 4.24. The molecule has 1 fully saturated rings. The van der Waals surface area contributed by atoms with E-state index in [-0.39, 0.29) is 0 Å². The summed E-state index contributed by atoms with van der Waals surface area (Å²) in [5.41, 5.74) is 0. The van der Waals surface area contributed by atoms with Gasteiger partial charge in [0, 0.05) is 0 Å². The predicted octanol–water partition coefficient (Wildman–Crippen LogP) is 2.20. The van der Waals surface area contributed by atoms with E-state index in [1.807, 2.05) is 11.0 Å². The Morgan fingerprint density at radius 3 is 2.36 bits per heavy atom. The molecule has 1 aromatic heterocycles. The number of allylic oxidation sites excluding steroid dienone is 2. The van der Waals surface area contributed by atoms with E-state index in [2.05, 4.69) is 22.2 Å². The molecule has 0 bridgehead atoms. The first-order chi connectivity index (χ1) is 6.93. The van der Waals surface area contributed by atoms with Crippen molar-refractivity contribution in [3.05, 3.63) is 24.8 Å². The van der Waals surface area contributed by atoms with Gasteiger partial charge in [0.25, 0.3) is 0 Å². The van der Waals surface area contributed by atoms with Crippen molar-refractivity contribution < 1.29 is 0 Å². The van der Waals surface area contributed by atoms with Gasteiger partial charge in [-0.1, -0.05) is 12.2 Å². The van der Waals surface area contributed by atoms with Gasteiger partial charge in [0.2, 0.25) is 0 Å². The van der Waals surface area contributed by atoms with E-state index in [0.29, 0.717) is 6.04 Å². The van der Waals surface area contributed by atoms with E-state index in [9.17, 15) is 0 Å². The van der Waals surface area contributed by atoms with Crippen molar-refractivity contribution >= 4 is 0 Å². The smallest absolute Gasteiger partial charge is 0.137 e. The zero-order chi connectivity index (χ0) is 9.38. The largest absolute Gasteiger partial charge is 0.250 e. The Bertz CT molecular complexity index is 312. The third-order valence-corrected chi connectivity index (χ3v) is 3.67. The standard InChI is InChI=1S/C11H15N3/c1-2-4-10-6-11(5-9(10)3-1)14-8-12-7-13-14/h1-2,7-11H,3-6H2. The summed E-state index contributed by atoms with van der Waals surface area (Å²) >= 11 is 0. The third-order valence-electron chi connectivity index (χ3n) is 3.67. The van der Waals surface area contributed by atoms with Crippen LogP contribution in [0, 0.1) is 11.8 Å². The summed E-state index contributed by atoms with van der Waals surface area (Å²) < 4.78 is 2.04. The average Bonchev–Trinajstić information content (AvgIpc) is 2.86. The topological polar surface area (TPSA) is 30.7 Å². The number of aromatic nitrogens is 3. The van der Waals surface area contributed by atoms with Crippen LogP contribution in [-0.4, -0.2) is 14.8 Å². The van der Waals surface area contributed by atoms with Crippen molar-refractivity contribution in [2.75, 3.05) is 0 Å². The number of fused-ring (bicyclic) bond motifs is 1. The Labute approximate surface area is 83.8 Å². The Morgan fingerprint density at radius 1 is 1.07 bits per heavy atom. The molecule has 1 saturated carbocycles. The van der Waals surface area contributed by atoms with Crippen LogP contribution in [0.15, 0.2) is 24.8 Å². The Morgan fingerprint density at radius 2 is 1.79 bits per heavy atom. The first kappa shape index (κ1) is 8.21. The van der Waals surface area contributed by atoms with Gasteiger partial charge < -0.3 is 0 Å². The highest BCUT2D eigenvalue weighted by Gasteiger charge is 2.35. The van der Waals surface area contributed by atoms with E-state index >= 15 is 0 Å². The maximum Gasteiger partial charge on any atom is 0.137 e. The molecule has 0 amide bonds. The quantitative estimate of drug-likeness (QED) is 0.634. The summed E-state index contributed by atoms with van der Waals surface area (Å²) in [7, 11) is 0. The minimum Gasteiger partial charge on any atom is -0.250 e. The molecule has 3 rings (SSSR count). The van der Waals surface area contributed by atoms with Gasteiger partial charge >= 0.3 is 0 Å². The van der Waals surface area contributed by atoms with E-state index < -0.39 is 0 Å². The molecule has 2 unspecified atom stereocenters. The molecule has 1 heterocycles. The Kier molecular flexibility index (Phi) is 1.89. The van der Waals surface area contributed by atoms with E-state index in [1.54, 1.807) is 6.33 Å². The van der Waals surface area contributed by atoms with Gasteiger partial charge in [0.05, 0.1) is 6.04 Å². The molecule has 0 aromatic carbocycles. The first-order valence-corrected chi connectivity index (χ1v) is 5.42. The minimum absolute atomic E-state index is 0.604. The zero-order valence-electron chi connectivity index (χ0n) is 8.21. The van der Waals surface area contributed by atoms with Crippen LogP contribution in [0.25, 0.3) is 0 Å². The fourth-order valence-electron chi connectivity index (χ4n) is 2.92. The number of rotatable bonds is 1. The molecule has 0 spiro atoms. The second-order valence-corrected chi connectivity index (χ2v) is 4.46. The van der Waals surface area contributed by atoms with Gasteiger partial charge in [0.1, 0.15) is 12.7 Å². The van der Waals surface area contributed by atoms with Gasteiger partial charge in [-0.2, -0.15) is 5.10 Å². The van der Waals surface area contributed by atoms with Crippen LogP contribution in [0.4, 0.5) is 0 Å². The molecule has 2 aliphatic carbocycles. The maximum atomic E-state index is 4.24. The highest BCUT2D eigenvalue weighted by Crippen LogP contribution is 2.44. The van der Waals surface area contributed by atoms with Gasteiger partial charge in [-0.3, -0.25) is 0 Å². The number of nitrogens with zero attached hydrogens (tertiary/aromatic N) is 3. The lowest BCUT2D eigenvalue weighted by Gasteiger charge is -2.19. The van der Waals surface area contributed by atoms with Crippen LogP contribution in [0.2, 0.25) is 0 Å². The van der Waals surface area contributed by atoms with Crippen LogP contribution in [0.1, 0.15) is 31.7 Å². The van der Waals surface area contributed by atoms with Crippen molar-refractivity contribution in [2.24, 2.45) is 11.8 Å². The summed E-state index contributed by atoms with van der Waals surface area (Å²) in [6.45, 7) is 0. The molecule has 2 atom stereocenters. The molecule has 0 N–H and O–H groups in total. The zero-order valence-corrected chi connectivity index (χ0v) is 8.21. The summed E-state index contributed by atoms with van der Waals surface area (Å²) in [4.78, 5) is 4.02. The lowest BCUT2D eigenvalue weighted by molar-refractivity contribution is 0.380. The summed E-state index contributed by atoms with van der Waals surface area (Å²) in [6.07, 6.45) is 13.3. The molecule has 74 valence electrons. The molecule has 3 heteroatoms. The van der Waals surface area contributed by atoms with Crippen LogP contribution in [-0.2, 0) is 0 Å². The fourth-order valence-corrected chi connectivity index (χ4v) is 2.92. The van der Waals surface area contributed by atoms with Gasteiger partial charge in [-0.15, -0.1) is 0 Å².